The van der Waals surface area contributed by atoms with E-state index in [-0.39, 0.29) is 27.6 Å². The second kappa shape index (κ2) is 8.04. The standard InChI is InChI=1S/C19H12ClF3N4O2S/c20-10-5-6-15(13(7-10)19(21,22)23)25-16(28)9-30-18-27-26-17(29-18)12-8-24-14-4-2-1-3-11(12)14/h1-8,24H,9H2,(H,25,28). The van der Waals surface area contributed by atoms with E-state index < -0.39 is 17.6 Å². The van der Waals surface area contributed by atoms with Crippen LogP contribution in [0.5, 0.6) is 0 Å². The molecule has 0 radical (unpaired) electrons. The first-order valence-corrected chi connectivity index (χ1v) is 9.87. The lowest BCUT2D eigenvalue weighted by Gasteiger charge is -2.13. The number of hydrogen-bond donors (Lipinski definition) is 2. The van der Waals surface area contributed by atoms with Crippen molar-refractivity contribution in [3.63, 3.8) is 0 Å². The molecule has 4 aromatic rings. The summed E-state index contributed by atoms with van der Waals surface area (Å²) in [5.41, 5.74) is 0.225. The van der Waals surface area contributed by atoms with Gasteiger partial charge in [0.2, 0.25) is 5.91 Å². The largest absolute Gasteiger partial charge is 0.418 e. The number of H-pyrrole nitrogens is 1. The van der Waals surface area contributed by atoms with E-state index in [0.29, 0.717) is 5.56 Å². The minimum atomic E-state index is -4.65. The number of alkyl halides is 3. The number of halogens is 4. The summed E-state index contributed by atoms with van der Waals surface area (Å²) in [6.07, 6.45) is -2.92. The fraction of sp³-hybridized carbons (Fsp3) is 0.105. The van der Waals surface area contributed by atoms with Gasteiger partial charge in [0.15, 0.2) is 0 Å². The van der Waals surface area contributed by atoms with E-state index in [2.05, 4.69) is 20.5 Å². The van der Waals surface area contributed by atoms with Crippen LogP contribution < -0.4 is 5.32 Å². The van der Waals surface area contributed by atoms with Gasteiger partial charge in [-0.15, -0.1) is 10.2 Å². The summed E-state index contributed by atoms with van der Waals surface area (Å²) in [5, 5.41) is 11.0. The Bertz CT molecular complexity index is 1220. The lowest BCUT2D eigenvalue weighted by Crippen LogP contribution is -2.18. The number of benzene rings is 2. The molecule has 4 rings (SSSR count). The number of thioether (sulfide) groups is 1. The maximum Gasteiger partial charge on any atom is 0.418 e. The smallest absolute Gasteiger partial charge is 0.411 e. The molecule has 154 valence electrons. The molecule has 0 bridgehead atoms. The van der Waals surface area contributed by atoms with Crippen LogP contribution in [0.1, 0.15) is 5.56 Å². The number of amides is 1. The van der Waals surface area contributed by atoms with Crippen molar-refractivity contribution in [3.8, 4) is 11.5 Å². The van der Waals surface area contributed by atoms with Crippen molar-refractivity contribution in [2.24, 2.45) is 0 Å². The summed E-state index contributed by atoms with van der Waals surface area (Å²) in [6.45, 7) is 0. The SMILES string of the molecule is O=C(CSc1nnc(-c2c[nH]c3ccccc23)o1)Nc1ccc(Cl)cc1C(F)(F)F. The van der Waals surface area contributed by atoms with E-state index in [1.54, 1.807) is 6.20 Å². The van der Waals surface area contributed by atoms with Gasteiger partial charge in [-0.25, -0.2) is 0 Å². The molecule has 0 saturated carbocycles. The number of carbonyl (C=O) groups is 1. The Morgan fingerprint density at radius 3 is 2.80 bits per heavy atom. The van der Waals surface area contributed by atoms with Crippen LogP contribution in [0.3, 0.4) is 0 Å². The monoisotopic (exact) mass is 452 g/mol. The summed E-state index contributed by atoms with van der Waals surface area (Å²) in [5.74, 6) is -0.595. The van der Waals surface area contributed by atoms with Gasteiger partial charge in [0.1, 0.15) is 0 Å². The summed E-state index contributed by atoms with van der Waals surface area (Å²) in [4.78, 5) is 15.2. The molecule has 2 aromatic heterocycles. The van der Waals surface area contributed by atoms with Gasteiger partial charge in [0.05, 0.1) is 22.6 Å². The minimum absolute atomic E-state index is 0.0784. The molecular weight excluding hydrogens is 441 g/mol. The van der Waals surface area contributed by atoms with Gasteiger partial charge in [-0.2, -0.15) is 13.2 Å². The number of rotatable bonds is 5. The van der Waals surface area contributed by atoms with E-state index >= 15 is 0 Å². The van der Waals surface area contributed by atoms with Crippen molar-refractivity contribution in [2.45, 2.75) is 11.4 Å². The van der Waals surface area contributed by atoms with Crippen molar-refractivity contribution in [1.82, 2.24) is 15.2 Å². The zero-order chi connectivity index (χ0) is 21.3. The lowest BCUT2D eigenvalue weighted by molar-refractivity contribution is -0.137. The Hall–Kier alpha value is -2.98. The van der Waals surface area contributed by atoms with Crippen LogP contribution in [0, 0.1) is 0 Å². The van der Waals surface area contributed by atoms with Crippen LogP contribution in [0.25, 0.3) is 22.4 Å². The Morgan fingerprint density at radius 1 is 1.20 bits per heavy atom. The number of carbonyl (C=O) groups excluding carboxylic acids is 1. The molecule has 11 heteroatoms. The highest BCUT2D eigenvalue weighted by atomic mass is 35.5. The molecular formula is C19H12ClF3N4O2S. The predicted molar refractivity (Wildman–Crippen MR) is 107 cm³/mol. The molecule has 0 aliphatic rings. The molecule has 0 aliphatic carbocycles. The zero-order valence-corrected chi connectivity index (χ0v) is 16.5. The Labute approximate surface area is 176 Å². The second-order valence-electron chi connectivity index (χ2n) is 6.15. The Kier molecular flexibility index (Phi) is 5.44. The van der Waals surface area contributed by atoms with Crippen LogP contribution in [0.15, 0.2) is 58.3 Å². The third-order valence-electron chi connectivity index (χ3n) is 4.11. The van der Waals surface area contributed by atoms with E-state index in [1.807, 2.05) is 24.3 Å². The predicted octanol–water partition coefficient (Wildman–Crippen LogP) is 5.62. The number of nitrogens with one attached hydrogen (secondary N) is 2. The molecule has 2 heterocycles. The van der Waals surface area contributed by atoms with Crippen LogP contribution in [-0.4, -0.2) is 26.8 Å². The molecule has 0 atom stereocenters. The third kappa shape index (κ3) is 4.29. The molecule has 6 nitrogen and oxygen atoms in total. The van der Waals surface area contributed by atoms with E-state index in [9.17, 15) is 18.0 Å². The van der Waals surface area contributed by atoms with Gasteiger partial charge in [0, 0.05) is 22.1 Å². The van der Waals surface area contributed by atoms with Gasteiger partial charge in [-0.1, -0.05) is 41.6 Å². The van der Waals surface area contributed by atoms with E-state index in [4.69, 9.17) is 16.0 Å². The van der Waals surface area contributed by atoms with Crippen LogP contribution in [0.2, 0.25) is 5.02 Å². The summed E-state index contributed by atoms with van der Waals surface area (Å²) in [7, 11) is 0. The summed E-state index contributed by atoms with van der Waals surface area (Å²) in [6, 6.07) is 10.7. The van der Waals surface area contributed by atoms with Crippen molar-refractivity contribution in [3.05, 3.63) is 59.2 Å². The molecule has 0 spiro atoms. The fourth-order valence-corrected chi connectivity index (χ4v) is 3.53. The number of aromatic nitrogens is 3. The van der Waals surface area contributed by atoms with Crippen molar-refractivity contribution in [1.29, 1.82) is 0 Å². The Morgan fingerprint density at radius 2 is 2.00 bits per heavy atom. The summed E-state index contributed by atoms with van der Waals surface area (Å²) >= 11 is 6.55. The number of aromatic amines is 1. The number of para-hydroxylation sites is 1. The highest BCUT2D eigenvalue weighted by molar-refractivity contribution is 7.99. The second-order valence-corrected chi connectivity index (χ2v) is 7.51. The van der Waals surface area contributed by atoms with Crippen molar-refractivity contribution >= 4 is 45.9 Å². The quantitative estimate of drug-likeness (QED) is 0.384. The lowest BCUT2D eigenvalue weighted by atomic mass is 10.1. The maximum absolute atomic E-state index is 13.1. The first-order valence-electron chi connectivity index (χ1n) is 8.50. The van der Waals surface area contributed by atoms with Crippen LogP contribution in [0.4, 0.5) is 18.9 Å². The number of hydrogen-bond acceptors (Lipinski definition) is 5. The molecule has 0 unspecified atom stereocenters. The maximum atomic E-state index is 13.1. The van der Waals surface area contributed by atoms with E-state index in [0.717, 1.165) is 34.8 Å². The first kappa shape index (κ1) is 20.3. The molecule has 2 N–H and O–H groups in total. The average molecular weight is 453 g/mol. The zero-order valence-electron chi connectivity index (χ0n) is 15.0. The average Bonchev–Trinajstić information content (AvgIpc) is 3.33. The van der Waals surface area contributed by atoms with Gasteiger partial charge in [-0.3, -0.25) is 4.79 Å². The molecule has 0 fully saturated rings. The molecule has 30 heavy (non-hydrogen) atoms. The van der Waals surface area contributed by atoms with Crippen molar-refractivity contribution < 1.29 is 22.4 Å². The van der Waals surface area contributed by atoms with Crippen LogP contribution >= 0.6 is 23.4 Å². The highest BCUT2D eigenvalue weighted by Gasteiger charge is 2.34. The minimum Gasteiger partial charge on any atom is -0.411 e. The molecule has 1 amide bonds. The fourth-order valence-electron chi connectivity index (χ4n) is 2.80. The van der Waals surface area contributed by atoms with Gasteiger partial charge < -0.3 is 14.7 Å². The molecule has 0 saturated heterocycles. The number of fused-ring (bicyclic) bond motifs is 1. The van der Waals surface area contributed by atoms with Gasteiger partial charge in [-0.05, 0) is 24.3 Å². The topological polar surface area (TPSA) is 83.8 Å². The number of anilines is 1. The van der Waals surface area contributed by atoms with Gasteiger partial charge in [0.25, 0.3) is 11.1 Å². The molecule has 0 aliphatic heterocycles. The number of nitrogens with zero attached hydrogens (tertiary/aromatic N) is 2. The third-order valence-corrected chi connectivity index (χ3v) is 5.17. The van der Waals surface area contributed by atoms with E-state index in [1.165, 1.54) is 6.07 Å². The summed E-state index contributed by atoms with van der Waals surface area (Å²) < 4.78 is 45.0. The Balaban J connectivity index is 1.43. The van der Waals surface area contributed by atoms with Crippen LogP contribution in [-0.2, 0) is 11.0 Å². The first-order chi connectivity index (χ1) is 14.3. The van der Waals surface area contributed by atoms with Crippen molar-refractivity contribution in [2.75, 3.05) is 11.1 Å². The normalized spacial score (nSPS) is 11.7. The molecule has 2 aromatic carbocycles. The highest BCUT2D eigenvalue weighted by Crippen LogP contribution is 2.36. The van der Waals surface area contributed by atoms with Gasteiger partial charge >= 0.3 is 6.18 Å².